The SMILES string of the molecule is Nc1cc(-c2nc3ccc4[nH]ncc4c3c3c2CCCC3)ccc1F. The molecule has 0 aliphatic heterocycles. The van der Waals surface area contributed by atoms with Gasteiger partial charge < -0.3 is 5.73 Å². The molecular formula is C20H17FN4. The lowest BCUT2D eigenvalue weighted by Gasteiger charge is -2.22. The highest BCUT2D eigenvalue weighted by Gasteiger charge is 2.21. The van der Waals surface area contributed by atoms with Crippen LogP contribution in [0.3, 0.4) is 0 Å². The summed E-state index contributed by atoms with van der Waals surface area (Å²) in [5.74, 6) is -0.390. The summed E-state index contributed by atoms with van der Waals surface area (Å²) in [7, 11) is 0. The molecule has 25 heavy (non-hydrogen) atoms. The predicted molar refractivity (Wildman–Crippen MR) is 97.8 cm³/mol. The van der Waals surface area contributed by atoms with Gasteiger partial charge in [0.05, 0.1) is 28.6 Å². The fourth-order valence-electron chi connectivity index (χ4n) is 3.98. The molecule has 0 fully saturated rings. The van der Waals surface area contributed by atoms with Gasteiger partial charge >= 0.3 is 0 Å². The highest BCUT2D eigenvalue weighted by molar-refractivity contribution is 6.07. The summed E-state index contributed by atoms with van der Waals surface area (Å²) in [5.41, 5.74) is 12.4. The molecule has 0 radical (unpaired) electrons. The van der Waals surface area contributed by atoms with Gasteiger partial charge in [-0.1, -0.05) is 0 Å². The van der Waals surface area contributed by atoms with Gasteiger partial charge in [-0.2, -0.15) is 5.10 Å². The van der Waals surface area contributed by atoms with Crippen molar-refractivity contribution in [2.24, 2.45) is 0 Å². The average molecular weight is 332 g/mol. The Morgan fingerprint density at radius 2 is 1.88 bits per heavy atom. The molecule has 2 heterocycles. The summed E-state index contributed by atoms with van der Waals surface area (Å²) in [6, 6.07) is 8.92. The number of nitrogens with one attached hydrogen (secondary N) is 1. The molecule has 5 rings (SSSR count). The van der Waals surface area contributed by atoms with E-state index in [9.17, 15) is 4.39 Å². The number of rotatable bonds is 1. The number of nitrogen functional groups attached to an aromatic ring is 1. The second-order valence-electron chi connectivity index (χ2n) is 6.65. The standard InChI is InChI=1S/C20H17FN4/c21-15-6-5-11(9-16(15)22)20-13-4-2-1-3-12(13)19-14-10-23-25-17(14)7-8-18(19)24-20/h5-10H,1-4,22H2,(H,23,25). The Morgan fingerprint density at radius 1 is 1.04 bits per heavy atom. The van der Waals surface area contributed by atoms with E-state index in [0.29, 0.717) is 0 Å². The summed E-state index contributed by atoms with van der Waals surface area (Å²) in [6.45, 7) is 0. The molecule has 4 nitrogen and oxygen atoms in total. The van der Waals surface area contributed by atoms with Gasteiger partial charge in [-0.05, 0) is 67.1 Å². The maximum absolute atomic E-state index is 13.6. The number of hydrogen-bond acceptors (Lipinski definition) is 3. The molecule has 2 aromatic heterocycles. The van der Waals surface area contributed by atoms with Crippen molar-refractivity contribution in [2.45, 2.75) is 25.7 Å². The predicted octanol–water partition coefficient (Wildman–Crippen LogP) is 4.38. The van der Waals surface area contributed by atoms with Crippen molar-refractivity contribution in [2.75, 3.05) is 5.73 Å². The minimum Gasteiger partial charge on any atom is -0.396 e. The number of benzene rings is 2. The number of hydrogen-bond donors (Lipinski definition) is 2. The first kappa shape index (κ1) is 14.4. The lowest BCUT2D eigenvalue weighted by atomic mass is 9.85. The van der Waals surface area contributed by atoms with E-state index in [1.54, 1.807) is 12.1 Å². The molecule has 0 bridgehead atoms. The second kappa shape index (κ2) is 5.28. The zero-order chi connectivity index (χ0) is 17.0. The highest BCUT2D eigenvalue weighted by Crippen LogP contribution is 2.38. The van der Waals surface area contributed by atoms with Crippen LogP contribution in [0.1, 0.15) is 24.0 Å². The molecule has 1 aliphatic carbocycles. The number of pyridine rings is 1. The minimum absolute atomic E-state index is 0.161. The van der Waals surface area contributed by atoms with Crippen LogP contribution in [-0.4, -0.2) is 15.2 Å². The fraction of sp³-hybridized carbons (Fsp3) is 0.200. The first-order valence-corrected chi connectivity index (χ1v) is 8.55. The Bertz CT molecular complexity index is 1130. The van der Waals surface area contributed by atoms with Crippen molar-refractivity contribution >= 4 is 27.5 Å². The summed E-state index contributed by atoms with van der Waals surface area (Å²) in [4.78, 5) is 4.94. The number of halogens is 1. The van der Waals surface area contributed by atoms with Gasteiger partial charge in [-0.25, -0.2) is 9.37 Å². The van der Waals surface area contributed by atoms with Crippen molar-refractivity contribution in [3.8, 4) is 11.3 Å². The van der Waals surface area contributed by atoms with Gasteiger partial charge in [0.15, 0.2) is 0 Å². The van der Waals surface area contributed by atoms with Crippen LogP contribution >= 0.6 is 0 Å². The van der Waals surface area contributed by atoms with Crippen LogP contribution < -0.4 is 5.73 Å². The number of anilines is 1. The third-order valence-electron chi connectivity index (χ3n) is 5.16. The van der Waals surface area contributed by atoms with Gasteiger partial charge in [-0.3, -0.25) is 5.10 Å². The molecule has 124 valence electrons. The number of H-pyrrole nitrogens is 1. The van der Waals surface area contributed by atoms with Crippen molar-refractivity contribution in [1.29, 1.82) is 0 Å². The first-order chi connectivity index (χ1) is 12.2. The molecule has 3 N–H and O–H groups in total. The van der Waals surface area contributed by atoms with Crippen molar-refractivity contribution < 1.29 is 4.39 Å². The van der Waals surface area contributed by atoms with Crippen LogP contribution in [0.2, 0.25) is 0 Å². The van der Waals surface area contributed by atoms with Crippen LogP contribution in [0, 0.1) is 5.82 Å². The Labute approximate surface area is 143 Å². The van der Waals surface area contributed by atoms with Gasteiger partial charge in [0.1, 0.15) is 5.82 Å². The Hall–Kier alpha value is -2.95. The van der Waals surface area contributed by atoms with E-state index in [4.69, 9.17) is 10.7 Å². The largest absolute Gasteiger partial charge is 0.396 e. The zero-order valence-corrected chi connectivity index (χ0v) is 13.6. The highest BCUT2D eigenvalue weighted by atomic mass is 19.1. The van der Waals surface area contributed by atoms with E-state index in [-0.39, 0.29) is 5.69 Å². The summed E-state index contributed by atoms with van der Waals surface area (Å²) >= 11 is 0. The quantitative estimate of drug-likeness (QED) is 0.508. The monoisotopic (exact) mass is 332 g/mol. The van der Waals surface area contributed by atoms with E-state index in [1.807, 2.05) is 18.3 Å². The van der Waals surface area contributed by atoms with Crippen molar-refractivity contribution in [3.63, 3.8) is 0 Å². The van der Waals surface area contributed by atoms with E-state index < -0.39 is 5.82 Å². The normalized spacial score (nSPS) is 14.1. The van der Waals surface area contributed by atoms with E-state index in [2.05, 4.69) is 10.2 Å². The number of aromatic nitrogens is 3. The van der Waals surface area contributed by atoms with Gasteiger partial charge in [0.2, 0.25) is 0 Å². The number of nitrogens with zero attached hydrogens (tertiary/aromatic N) is 2. The lowest BCUT2D eigenvalue weighted by Crippen LogP contribution is -2.08. The van der Waals surface area contributed by atoms with Gasteiger partial charge in [0.25, 0.3) is 0 Å². The topological polar surface area (TPSA) is 67.6 Å². The van der Waals surface area contributed by atoms with E-state index in [1.165, 1.54) is 29.0 Å². The number of fused-ring (bicyclic) bond motifs is 5. The van der Waals surface area contributed by atoms with E-state index >= 15 is 0 Å². The zero-order valence-electron chi connectivity index (χ0n) is 13.6. The van der Waals surface area contributed by atoms with Gasteiger partial charge in [0, 0.05) is 16.3 Å². The Balaban J connectivity index is 1.88. The maximum Gasteiger partial charge on any atom is 0.146 e. The summed E-state index contributed by atoms with van der Waals surface area (Å²) < 4.78 is 13.6. The van der Waals surface area contributed by atoms with Crippen LogP contribution in [-0.2, 0) is 12.8 Å². The summed E-state index contributed by atoms with van der Waals surface area (Å²) in [5, 5.41) is 9.55. The molecule has 0 saturated heterocycles. The van der Waals surface area contributed by atoms with Crippen molar-refractivity contribution in [3.05, 3.63) is 53.5 Å². The van der Waals surface area contributed by atoms with Crippen LogP contribution in [0.25, 0.3) is 33.1 Å². The van der Waals surface area contributed by atoms with Gasteiger partial charge in [-0.15, -0.1) is 0 Å². The fourth-order valence-corrected chi connectivity index (χ4v) is 3.98. The molecule has 2 aromatic carbocycles. The molecule has 5 heteroatoms. The summed E-state index contributed by atoms with van der Waals surface area (Å²) in [6.07, 6.45) is 6.21. The first-order valence-electron chi connectivity index (χ1n) is 8.55. The Kier molecular flexibility index (Phi) is 3.04. The third-order valence-corrected chi connectivity index (χ3v) is 5.16. The molecule has 0 saturated carbocycles. The van der Waals surface area contributed by atoms with E-state index in [0.717, 1.165) is 46.9 Å². The smallest absolute Gasteiger partial charge is 0.146 e. The third kappa shape index (κ3) is 2.12. The van der Waals surface area contributed by atoms with Crippen LogP contribution in [0.5, 0.6) is 0 Å². The number of aryl methyl sites for hydroxylation is 1. The number of aromatic amines is 1. The molecule has 0 amide bonds. The average Bonchev–Trinajstić information content (AvgIpc) is 3.12. The molecule has 1 aliphatic rings. The molecule has 4 aromatic rings. The Morgan fingerprint density at radius 3 is 2.72 bits per heavy atom. The van der Waals surface area contributed by atoms with Crippen LogP contribution in [0.4, 0.5) is 10.1 Å². The molecule has 0 atom stereocenters. The molecule has 0 spiro atoms. The van der Waals surface area contributed by atoms with Crippen molar-refractivity contribution in [1.82, 2.24) is 15.2 Å². The molecule has 0 unspecified atom stereocenters. The second-order valence-corrected chi connectivity index (χ2v) is 6.65. The number of nitrogens with two attached hydrogens (primary N) is 1. The maximum atomic E-state index is 13.6. The minimum atomic E-state index is -0.390. The van der Waals surface area contributed by atoms with Crippen LogP contribution in [0.15, 0.2) is 36.5 Å². The molecular weight excluding hydrogens is 315 g/mol. The lowest BCUT2D eigenvalue weighted by molar-refractivity contribution is 0.632.